The molecule has 0 spiro atoms. The Kier molecular flexibility index (Phi) is 8.48. The highest BCUT2D eigenvalue weighted by atomic mass is 16.6. The molecule has 1 saturated heterocycles. The summed E-state index contributed by atoms with van der Waals surface area (Å²) >= 11 is 0. The molecule has 1 aliphatic carbocycles. The molecule has 46 heavy (non-hydrogen) atoms. The van der Waals surface area contributed by atoms with Crippen LogP contribution in [0.4, 0.5) is 15.3 Å². The van der Waals surface area contributed by atoms with E-state index in [1.807, 2.05) is 81.5 Å². The number of benzene rings is 2. The van der Waals surface area contributed by atoms with E-state index in [1.165, 1.54) is 6.92 Å². The smallest absolute Gasteiger partial charge is 0.419 e. The maximum Gasteiger partial charge on any atom is 0.419 e. The van der Waals surface area contributed by atoms with E-state index in [2.05, 4.69) is 15.5 Å². The number of nitrogens with zero attached hydrogens (tertiary/aromatic N) is 4. The van der Waals surface area contributed by atoms with Crippen molar-refractivity contribution in [1.29, 1.82) is 0 Å². The van der Waals surface area contributed by atoms with Crippen molar-refractivity contribution in [2.24, 2.45) is 5.92 Å². The van der Waals surface area contributed by atoms with E-state index in [9.17, 15) is 14.4 Å². The summed E-state index contributed by atoms with van der Waals surface area (Å²) in [5, 5.41) is 11.4. The molecule has 11 nitrogen and oxygen atoms in total. The Hall–Kier alpha value is -5.19. The number of anilines is 1. The van der Waals surface area contributed by atoms with Crippen LogP contribution < -0.4 is 5.32 Å². The minimum Gasteiger partial charge on any atom is -0.445 e. The third-order valence-corrected chi connectivity index (χ3v) is 7.90. The molecule has 2 aliphatic heterocycles. The van der Waals surface area contributed by atoms with Gasteiger partial charge in [-0.25, -0.2) is 14.5 Å². The molecule has 1 fully saturated rings. The Labute approximate surface area is 267 Å². The van der Waals surface area contributed by atoms with Crippen LogP contribution in [0.15, 0.2) is 82.9 Å². The molecule has 1 aromatic heterocycles. The summed E-state index contributed by atoms with van der Waals surface area (Å²) in [7, 11) is 0. The lowest BCUT2D eigenvalue weighted by Gasteiger charge is -2.29. The SMILES string of the molecule is CC(=O)Nc1ccc(C2=CC3CC(c4nnc([C@@H]5CCCN5C(=O)OCc5ccccc5)o4)=CC=C3N2C(=O)OC(C)(C)C)cc1. The minimum absolute atomic E-state index is 0.149. The Morgan fingerprint density at radius 2 is 1.76 bits per heavy atom. The lowest BCUT2D eigenvalue weighted by Crippen LogP contribution is -2.34. The molecule has 3 amide bonds. The minimum atomic E-state index is -0.686. The number of amides is 3. The first-order valence-electron chi connectivity index (χ1n) is 15.4. The zero-order valence-corrected chi connectivity index (χ0v) is 26.4. The number of carbonyl (C=O) groups excluding carboxylic acids is 3. The van der Waals surface area contributed by atoms with Crippen molar-refractivity contribution < 1.29 is 28.3 Å². The van der Waals surface area contributed by atoms with Gasteiger partial charge in [0, 0.05) is 36.3 Å². The third kappa shape index (κ3) is 6.73. The summed E-state index contributed by atoms with van der Waals surface area (Å²) in [6, 6.07) is 16.5. The molecule has 238 valence electrons. The monoisotopic (exact) mass is 623 g/mol. The van der Waals surface area contributed by atoms with Gasteiger partial charge < -0.3 is 19.2 Å². The highest BCUT2D eigenvalue weighted by molar-refractivity contribution is 5.90. The van der Waals surface area contributed by atoms with Crippen molar-refractivity contribution >= 4 is 35.1 Å². The van der Waals surface area contributed by atoms with Gasteiger partial charge in [0.1, 0.15) is 18.2 Å². The van der Waals surface area contributed by atoms with Crippen LogP contribution in [0.2, 0.25) is 0 Å². The van der Waals surface area contributed by atoms with Gasteiger partial charge in [-0.2, -0.15) is 0 Å². The molecule has 0 radical (unpaired) electrons. The van der Waals surface area contributed by atoms with E-state index in [0.717, 1.165) is 28.8 Å². The van der Waals surface area contributed by atoms with E-state index >= 15 is 0 Å². The van der Waals surface area contributed by atoms with Crippen LogP contribution in [0.1, 0.15) is 75.9 Å². The average molecular weight is 624 g/mol. The molecule has 3 aromatic rings. The van der Waals surface area contributed by atoms with Gasteiger partial charge in [0.2, 0.25) is 17.7 Å². The largest absolute Gasteiger partial charge is 0.445 e. The molecule has 6 rings (SSSR count). The fourth-order valence-corrected chi connectivity index (χ4v) is 5.87. The zero-order valence-electron chi connectivity index (χ0n) is 26.4. The van der Waals surface area contributed by atoms with Gasteiger partial charge in [-0.15, -0.1) is 10.2 Å². The summed E-state index contributed by atoms with van der Waals surface area (Å²) in [6.45, 7) is 7.69. The summed E-state index contributed by atoms with van der Waals surface area (Å²) in [4.78, 5) is 41.2. The number of fused-ring (bicyclic) bond motifs is 1. The van der Waals surface area contributed by atoms with Crippen LogP contribution in [-0.2, 0) is 20.9 Å². The van der Waals surface area contributed by atoms with E-state index in [-0.39, 0.29) is 24.5 Å². The van der Waals surface area contributed by atoms with Crippen LogP contribution in [0.5, 0.6) is 0 Å². The first-order valence-corrected chi connectivity index (χ1v) is 15.4. The first kappa shape index (κ1) is 30.8. The number of hydrogen-bond acceptors (Lipinski definition) is 8. The number of rotatable bonds is 6. The fraction of sp³-hybridized carbons (Fsp3) is 0.343. The lowest BCUT2D eigenvalue weighted by atomic mass is 9.92. The number of hydrogen-bond donors (Lipinski definition) is 1. The summed E-state index contributed by atoms with van der Waals surface area (Å²) in [5.41, 5.74) is 3.99. The molecule has 3 heterocycles. The summed E-state index contributed by atoms with van der Waals surface area (Å²) in [5.74, 6) is 0.437. The summed E-state index contributed by atoms with van der Waals surface area (Å²) in [6.07, 6.45) is 6.95. The maximum absolute atomic E-state index is 13.5. The highest BCUT2D eigenvalue weighted by Gasteiger charge is 2.40. The number of likely N-dealkylation sites (tertiary alicyclic amines) is 1. The predicted molar refractivity (Wildman–Crippen MR) is 171 cm³/mol. The molecule has 2 aromatic carbocycles. The molecule has 11 heteroatoms. The molecular weight excluding hydrogens is 586 g/mol. The Balaban J connectivity index is 1.21. The second-order valence-corrected chi connectivity index (χ2v) is 12.6. The first-order chi connectivity index (χ1) is 22.1. The molecule has 1 N–H and O–H groups in total. The Bertz CT molecular complexity index is 1720. The number of carbonyl (C=O) groups is 3. The predicted octanol–water partition coefficient (Wildman–Crippen LogP) is 7.08. The summed E-state index contributed by atoms with van der Waals surface area (Å²) < 4.78 is 17.5. The number of allylic oxidation sites excluding steroid dienone is 4. The fourth-order valence-electron chi connectivity index (χ4n) is 5.87. The average Bonchev–Trinajstić information content (AvgIpc) is 3.78. The second kappa shape index (κ2) is 12.7. The van der Waals surface area contributed by atoms with Gasteiger partial charge in [-0.3, -0.25) is 9.69 Å². The molecule has 0 saturated carbocycles. The standard InChI is InChI=1S/C35H37N5O6/c1-22(41)36-27-15-12-24(13-16-27)30-20-26-19-25(14-17-28(26)40(30)34(43)46-35(2,3)4)31-37-38-32(45-31)29-11-8-18-39(29)33(42)44-21-23-9-6-5-7-10-23/h5-7,9-10,12-17,20,26,29H,8,11,18-19,21H2,1-4H3,(H,36,41)/t26?,29-/m0/s1. The van der Waals surface area contributed by atoms with E-state index in [0.29, 0.717) is 42.6 Å². The lowest BCUT2D eigenvalue weighted by molar-refractivity contribution is -0.114. The van der Waals surface area contributed by atoms with Gasteiger partial charge in [0.25, 0.3) is 0 Å². The zero-order chi connectivity index (χ0) is 32.4. The molecule has 2 atom stereocenters. The molecule has 1 unspecified atom stereocenters. The van der Waals surface area contributed by atoms with Gasteiger partial charge in [0.05, 0.1) is 5.70 Å². The van der Waals surface area contributed by atoms with E-state index in [1.54, 1.807) is 21.9 Å². The van der Waals surface area contributed by atoms with Crippen LogP contribution in [-0.4, -0.2) is 50.2 Å². The van der Waals surface area contributed by atoms with Crippen molar-refractivity contribution in [3.63, 3.8) is 0 Å². The molecule has 3 aliphatic rings. The van der Waals surface area contributed by atoms with E-state index < -0.39 is 17.8 Å². The third-order valence-electron chi connectivity index (χ3n) is 7.90. The molecular formula is C35H37N5O6. The van der Waals surface area contributed by atoms with Crippen LogP contribution in [0.25, 0.3) is 11.3 Å². The van der Waals surface area contributed by atoms with Crippen LogP contribution >= 0.6 is 0 Å². The van der Waals surface area contributed by atoms with Crippen molar-refractivity contribution in [1.82, 2.24) is 20.0 Å². The van der Waals surface area contributed by atoms with E-state index in [4.69, 9.17) is 13.9 Å². The topological polar surface area (TPSA) is 127 Å². The van der Waals surface area contributed by atoms with Gasteiger partial charge in [-0.1, -0.05) is 54.6 Å². The maximum atomic E-state index is 13.5. The van der Waals surface area contributed by atoms with Gasteiger partial charge >= 0.3 is 12.2 Å². The number of aromatic nitrogens is 2. The quantitative estimate of drug-likeness (QED) is 0.309. The second-order valence-electron chi connectivity index (χ2n) is 12.6. The van der Waals surface area contributed by atoms with Crippen molar-refractivity contribution in [2.75, 3.05) is 11.9 Å². The van der Waals surface area contributed by atoms with Crippen molar-refractivity contribution in [3.05, 3.63) is 101 Å². The molecule has 0 bridgehead atoms. The van der Waals surface area contributed by atoms with Crippen molar-refractivity contribution in [2.45, 2.75) is 65.2 Å². The van der Waals surface area contributed by atoms with Crippen LogP contribution in [0.3, 0.4) is 0 Å². The highest BCUT2D eigenvalue weighted by Crippen LogP contribution is 2.44. The number of nitrogens with one attached hydrogen (secondary N) is 1. The Morgan fingerprint density at radius 1 is 1.00 bits per heavy atom. The Morgan fingerprint density at radius 3 is 2.48 bits per heavy atom. The normalized spacial score (nSPS) is 19.2. The van der Waals surface area contributed by atoms with Crippen molar-refractivity contribution in [3.8, 4) is 0 Å². The van der Waals surface area contributed by atoms with Gasteiger partial charge in [-0.05, 0) is 69.4 Å². The number of ether oxygens (including phenoxy) is 2. The van der Waals surface area contributed by atoms with Crippen LogP contribution in [0, 0.1) is 5.92 Å². The van der Waals surface area contributed by atoms with Gasteiger partial charge in [0.15, 0.2) is 0 Å².